The summed E-state index contributed by atoms with van der Waals surface area (Å²) in [5.41, 5.74) is 11.1. The Labute approximate surface area is 109 Å². The molecule has 1 aliphatic carbocycles. The van der Waals surface area contributed by atoms with Gasteiger partial charge in [-0.15, -0.1) is 0 Å². The van der Waals surface area contributed by atoms with Crippen LogP contribution in [-0.2, 0) is 12.8 Å². The number of hydrogen-bond donors (Lipinski definition) is 2. The van der Waals surface area contributed by atoms with Gasteiger partial charge in [-0.3, -0.25) is 0 Å². The minimum atomic E-state index is 0.435. The van der Waals surface area contributed by atoms with Gasteiger partial charge in [0, 0.05) is 5.56 Å². The first-order chi connectivity index (χ1) is 9.31. The van der Waals surface area contributed by atoms with Gasteiger partial charge in [0.2, 0.25) is 0 Å². The third kappa shape index (κ3) is 1.58. The first kappa shape index (κ1) is 10.5. The number of anilines is 1. The van der Waals surface area contributed by atoms with Gasteiger partial charge in [0.25, 0.3) is 0 Å². The van der Waals surface area contributed by atoms with E-state index in [0.717, 1.165) is 17.8 Å². The van der Waals surface area contributed by atoms with Crippen LogP contribution in [0.4, 0.5) is 5.82 Å². The van der Waals surface area contributed by atoms with Crippen LogP contribution in [0, 0.1) is 0 Å². The Morgan fingerprint density at radius 2 is 2.00 bits per heavy atom. The quantitative estimate of drug-likeness (QED) is 0.694. The third-order valence-electron chi connectivity index (χ3n) is 3.69. The SMILES string of the molecule is Nc1ncnc2nc(-c3ccc4c(c3)CCC4)[nH]c12. The van der Waals surface area contributed by atoms with Gasteiger partial charge in [-0.2, -0.15) is 0 Å². The molecule has 4 rings (SSSR count). The normalized spacial score (nSPS) is 13.9. The lowest BCUT2D eigenvalue weighted by molar-refractivity contribution is 0.912. The van der Waals surface area contributed by atoms with Gasteiger partial charge in [0.05, 0.1) is 0 Å². The van der Waals surface area contributed by atoms with Crippen molar-refractivity contribution in [2.75, 3.05) is 5.73 Å². The number of nitrogens with two attached hydrogens (primary N) is 1. The highest BCUT2D eigenvalue weighted by Crippen LogP contribution is 2.28. The van der Waals surface area contributed by atoms with Crippen LogP contribution in [0.25, 0.3) is 22.6 Å². The fraction of sp³-hybridized carbons (Fsp3) is 0.214. The Morgan fingerprint density at radius 1 is 1.11 bits per heavy atom. The molecule has 94 valence electrons. The van der Waals surface area contributed by atoms with E-state index in [0.29, 0.717) is 17.0 Å². The molecule has 0 spiro atoms. The molecule has 2 heterocycles. The first-order valence-corrected chi connectivity index (χ1v) is 6.39. The number of H-pyrrole nitrogens is 1. The van der Waals surface area contributed by atoms with E-state index < -0.39 is 0 Å². The van der Waals surface area contributed by atoms with Gasteiger partial charge < -0.3 is 10.7 Å². The zero-order valence-electron chi connectivity index (χ0n) is 10.3. The minimum absolute atomic E-state index is 0.435. The predicted octanol–water partition coefficient (Wildman–Crippen LogP) is 2.09. The van der Waals surface area contributed by atoms with Crippen molar-refractivity contribution in [2.24, 2.45) is 0 Å². The van der Waals surface area contributed by atoms with Crippen molar-refractivity contribution < 1.29 is 0 Å². The maximum absolute atomic E-state index is 5.82. The lowest BCUT2D eigenvalue weighted by Crippen LogP contribution is -1.91. The number of hydrogen-bond acceptors (Lipinski definition) is 4. The summed E-state index contributed by atoms with van der Waals surface area (Å²) in [6.45, 7) is 0. The zero-order valence-corrected chi connectivity index (χ0v) is 10.3. The van der Waals surface area contributed by atoms with Gasteiger partial charge in [-0.1, -0.05) is 12.1 Å². The van der Waals surface area contributed by atoms with Crippen LogP contribution in [0.5, 0.6) is 0 Å². The Morgan fingerprint density at radius 3 is 2.89 bits per heavy atom. The zero-order chi connectivity index (χ0) is 12.8. The van der Waals surface area contributed by atoms with Gasteiger partial charge in [0.1, 0.15) is 17.7 Å². The molecule has 2 aromatic heterocycles. The smallest absolute Gasteiger partial charge is 0.183 e. The van der Waals surface area contributed by atoms with E-state index in [1.165, 1.54) is 30.3 Å². The average molecular weight is 251 g/mol. The fourth-order valence-electron chi connectivity index (χ4n) is 2.70. The molecule has 0 aliphatic heterocycles. The minimum Gasteiger partial charge on any atom is -0.382 e. The molecule has 3 N–H and O–H groups in total. The summed E-state index contributed by atoms with van der Waals surface area (Å²) in [6, 6.07) is 6.51. The molecule has 0 bridgehead atoms. The standard InChI is InChI=1S/C14H13N5/c15-12-11-14(17-7-16-12)19-13(18-11)10-5-4-8-2-1-3-9(8)6-10/h4-7H,1-3H2,(H3,15,16,17,18,19). The molecule has 0 atom stereocenters. The molecule has 0 unspecified atom stereocenters. The van der Waals surface area contributed by atoms with E-state index in [1.807, 2.05) is 0 Å². The van der Waals surface area contributed by atoms with Crippen molar-refractivity contribution in [1.82, 2.24) is 19.9 Å². The number of fused-ring (bicyclic) bond motifs is 2. The van der Waals surface area contributed by atoms with Crippen molar-refractivity contribution in [3.8, 4) is 11.4 Å². The highest BCUT2D eigenvalue weighted by molar-refractivity contribution is 5.84. The molecule has 0 fully saturated rings. The average Bonchev–Trinajstić information content (AvgIpc) is 3.04. The summed E-state index contributed by atoms with van der Waals surface area (Å²) >= 11 is 0. The van der Waals surface area contributed by atoms with Gasteiger partial charge in [-0.05, 0) is 36.5 Å². The van der Waals surface area contributed by atoms with E-state index >= 15 is 0 Å². The number of rotatable bonds is 1. The van der Waals surface area contributed by atoms with E-state index in [-0.39, 0.29) is 0 Å². The number of aryl methyl sites for hydroxylation is 2. The maximum atomic E-state index is 5.82. The van der Waals surface area contributed by atoms with E-state index in [2.05, 4.69) is 38.1 Å². The number of nitrogens with one attached hydrogen (secondary N) is 1. The molecule has 1 aromatic carbocycles. The van der Waals surface area contributed by atoms with Crippen LogP contribution in [0.3, 0.4) is 0 Å². The Bertz CT molecular complexity index is 775. The number of nitrogen functional groups attached to an aromatic ring is 1. The van der Waals surface area contributed by atoms with Crippen molar-refractivity contribution in [3.05, 3.63) is 35.7 Å². The molecule has 3 aromatic rings. The molecule has 19 heavy (non-hydrogen) atoms. The van der Waals surface area contributed by atoms with Gasteiger partial charge in [-0.25, -0.2) is 15.0 Å². The Hall–Kier alpha value is -2.43. The summed E-state index contributed by atoms with van der Waals surface area (Å²) in [5, 5.41) is 0. The molecular weight excluding hydrogens is 238 g/mol. The van der Waals surface area contributed by atoms with Crippen LogP contribution in [0.1, 0.15) is 17.5 Å². The highest BCUT2D eigenvalue weighted by atomic mass is 15.0. The lowest BCUT2D eigenvalue weighted by Gasteiger charge is -2.01. The van der Waals surface area contributed by atoms with Crippen molar-refractivity contribution in [2.45, 2.75) is 19.3 Å². The molecule has 5 nitrogen and oxygen atoms in total. The van der Waals surface area contributed by atoms with Crippen LogP contribution >= 0.6 is 0 Å². The Kier molecular flexibility index (Phi) is 2.09. The lowest BCUT2D eigenvalue weighted by atomic mass is 10.1. The summed E-state index contributed by atoms with van der Waals surface area (Å²) < 4.78 is 0. The first-order valence-electron chi connectivity index (χ1n) is 6.39. The second kappa shape index (κ2) is 3.78. The highest BCUT2D eigenvalue weighted by Gasteiger charge is 2.14. The monoisotopic (exact) mass is 251 g/mol. The molecule has 0 radical (unpaired) electrons. The second-order valence-electron chi connectivity index (χ2n) is 4.88. The summed E-state index contributed by atoms with van der Waals surface area (Å²) in [7, 11) is 0. The molecule has 0 saturated heterocycles. The topological polar surface area (TPSA) is 80.5 Å². The second-order valence-corrected chi connectivity index (χ2v) is 4.88. The van der Waals surface area contributed by atoms with E-state index in [9.17, 15) is 0 Å². The summed E-state index contributed by atoms with van der Waals surface area (Å²) in [5.74, 6) is 1.24. The molecule has 0 saturated carbocycles. The maximum Gasteiger partial charge on any atom is 0.183 e. The molecule has 0 amide bonds. The van der Waals surface area contributed by atoms with Crippen molar-refractivity contribution in [3.63, 3.8) is 0 Å². The Balaban J connectivity index is 1.88. The number of aromatic amines is 1. The number of aromatic nitrogens is 4. The molecular formula is C14H13N5. The van der Waals surface area contributed by atoms with Crippen LogP contribution in [-0.4, -0.2) is 19.9 Å². The number of benzene rings is 1. The van der Waals surface area contributed by atoms with Crippen LogP contribution in [0.2, 0.25) is 0 Å². The fourth-order valence-corrected chi connectivity index (χ4v) is 2.70. The number of nitrogens with zero attached hydrogens (tertiary/aromatic N) is 3. The summed E-state index contributed by atoms with van der Waals surface area (Å²) in [6.07, 6.45) is 5.03. The molecule has 1 aliphatic rings. The van der Waals surface area contributed by atoms with E-state index in [4.69, 9.17) is 5.73 Å². The van der Waals surface area contributed by atoms with Crippen molar-refractivity contribution >= 4 is 17.0 Å². The number of imidazole rings is 1. The summed E-state index contributed by atoms with van der Waals surface area (Å²) in [4.78, 5) is 15.8. The van der Waals surface area contributed by atoms with Crippen molar-refractivity contribution in [1.29, 1.82) is 0 Å². The van der Waals surface area contributed by atoms with Gasteiger partial charge in [0.15, 0.2) is 11.5 Å². The largest absolute Gasteiger partial charge is 0.382 e. The third-order valence-corrected chi connectivity index (χ3v) is 3.69. The molecule has 5 heteroatoms. The van der Waals surface area contributed by atoms with Crippen LogP contribution < -0.4 is 5.73 Å². The van der Waals surface area contributed by atoms with E-state index in [1.54, 1.807) is 0 Å². The van der Waals surface area contributed by atoms with Crippen LogP contribution in [0.15, 0.2) is 24.5 Å². The van der Waals surface area contributed by atoms with Gasteiger partial charge >= 0.3 is 0 Å². The predicted molar refractivity (Wildman–Crippen MR) is 73.6 cm³/mol.